The maximum absolute atomic E-state index is 12.1. The molecule has 0 aromatic heterocycles. The van der Waals surface area contributed by atoms with Crippen LogP contribution in [0.15, 0.2) is 24.3 Å². The second-order valence-corrected chi connectivity index (χ2v) is 6.53. The summed E-state index contributed by atoms with van der Waals surface area (Å²) < 4.78 is 4.84. The number of amides is 2. The number of nitrogens with zero attached hydrogens (tertiary/aromatic N) is 1. The Morgan fingerprint density at radius 1 is 1.00 bits per heavy atom. The SMILES string of the molecule is CCCCCCCCc1ccc(N(C)C(=O)NCCC(=O)OCC)cc1. The molecule has 0 aliphatic carbocycles. The highest BCUT2D eigenvalue weighted by molar-refractivity contribution is 5.91. The lowest BCUT2D eigenvalue weighted by molar-refractivity contribution is -0.142. The van der Waals surface area contributed by atoms with E-state index in [1.807, 2.05) is 12.1 Å². The quantitative estimate of drug-likeness (QED) is 0.433. The van der Waals surface area contributed by atoms with Crippen LogP contribution in [0.3, 0.4) is 0 Å². The Kier molecular flexibility index (Phi) is 11.2. The molecule has 0 spiro atoms. The molecule has 0 aliphatic heterocycles. The fourth-order valence-electron chi connectivity index (χ4n) is 2.74. The van der Waals surface area contributed by atoms with Gasteiger partial charge in [0, 0.05) is 19.3 Å². The first-order valence-corrected chi connectivity index (χ1v) is 9.84. The van der Waals surface area contributed by atoms with Gasteiger partial charge in [-0.05, 0) is 37.5 Å². The van der Waals surface area contributed by atoms with E-state index >= 15 is 0 Å². The Balaban J connectivity index is 2.32. The Labute approximate surface area is 158 Å². The van der Waals surface area contributed by atoms with E-state index in [1.165, 1.54) is 44.1 Å². The van der Waals surface area contributed by atoms with E-state index in [4.69, 9.17) is 4.74 Å². The lowest BCUT2D eigenvalue weighted by Gasteiger charge is -2.18. The third-order valence-electron chi connectivity index (χ3n) is 4.36. The second kappa shape index (κ2) is 13.2. The summed E-state index contributed by atoms with van der Waals surface area (Å²) in [7, 11) is 1.72. The molecule has 0 radical (unpaired) electrons. The Bertz CT molecular complexity index is 529. The number of benzene rings is 1. The number of ether oxygens (including phenoxy) is 1. The molecule has 0 saturated carbocycles. The normalized spacial score (nSPS) is 10.4. The molecule has 0 fully saturated rings. The average Bonchev–Trinajstić information content (AvgIpc) is 2.64. The van der Waals surface area contributed by atoms with Gasteiger partial charge in [-0.25, -0.2) is 4.79 Å². The van der Waals surface area contributed by atoms with E-state index < -0.39 is 0 Å². The van der Waals surface area contributed by atoms with Gasteiger partial charge < -0.3 is 10.1 Å². The molecular weight excluding hydrogens is 328 g/mol. The highest BCUT2D eigenvalue weighted by Crippen LogP contribution is 2.16. The van der Waals surface area contributed by atoms with Crippen LogP contribution in [0.25, 0.3) is 0 Å². The van der Waals surface area contributed by atoms with E-state index in [0.717, 1.165) is 12.1 Å². The number of unbranched alkanes of at least 4 members (excludes halogenated alkanes) is 5. The van der Waals surface area contributed by atoms with Crippen LogP contribution in [-0.2, 0) is 16.0 Å². The van der Waals surface area contributed by atoms with E-state index in [2.05, 4.69) is 24.4 Å². The number of urea groups is 1. The molecule has 26 heavy (non-hydrogen) atoms. The van der Waals surface area contributed by atoms with Crippen LogP contribution in [-0.4, -0.2) is 32.2 Å². The lowest BCUT2D eigenvalue weighted by atomic mass is 10.0. The predicted octanol–water partition coefficient (Wildman–Crippen LogP) is 4.69. The number of carbonyl (C=O) groups excluding carboxylic acids is 2. The van der Waals surface area contributed by atoms with Crippen molar-refractivity contribution in [2.75, 3.05) is 25.1 Å². The summed E-state index contributed by atoms with van der Waals surface area (Å²) in [5.74, 6) is -0.297. The van der Waals surface area contributed by atoms with Gasteiger partial charge in [0.25, 0.3) is 0 Å². The maximum Gasteiger partial charge on any atom is 0.321 e. The van der Waals surface area contributed by atoms with Gasteiger partial charge in [0.05, 0.1) is 13.0 Å². The predicted molar refractivity (Wildman–Crippen MR) is 107 cm³/mol. The molecule has 5 nitrogen and oxygen atoms in total. The minimum absolute atomic E-state index is 0.185. The molecule has 0 aliphatic rings. The van der Waals surface area contributed by atoms with Gasteiger partial charge in [-0.1, -0.05) is 51.2 Å². The van der Waals surface area contributed by atoms with Gasteiger partial charge in [-0.2, -0.15) is 0 Å². The maximum atomic E-state index is 12.1. The first-order valence-electron chi connectivity index (χ1n) is 9.84. The van der Waals surface area contributed by atoms with Crippen molar-refractivity contribution in [3.8, 4) is 0 Å². The zero-order valence-corrected chi connectivity index (χ0v) is 16.6. The molecule has 1 aromatic rings. The molecule has 0 heterocycles. The van der Waals surface area contributed by atoms with Crippen molar-refractivity contribution in [1.29, 1.82) is 0 Å². The van der Waals surface area contributed by atoms with Crippen LogP contribution in [0.5, 0.6) is 0 Å². The molecule has 146 valence electrons. The average molecular weight is 363 g/mol. The number of nitrogens with one attached hydrogen (secondary N) is 1. The van der Waals surface area contributed by atoms with Crippen molar-refractivity contribution in [3.63, 3.8) is 0 Å². The highest BCUT2D eigenvalue weighted by atomic mass is 16.5. The topological polar surface area (TPSA) is 58.6 Å². The lowest BCUT2D eigenvalue weighted by Crippen LogP contribution is -2.38. The Morgan fingerprint density at radius 2 is 1.65 bits per heavy atom. The summed E-state index contributed by atoms with van der Waals surface area (Å²) in [5, 5.41) is 2.73. The van der Waals surface area contributed by atoms with Crippen LogP contribution in [0.2, 0.25) is 0 Å². The summed E-state index contributed by atoms with van der Waals surface area (Å²) >= 11 is 0. The Morgan fingerprint density at radius 3 is 2.31 bits per heavy atom. The fourth-order valence-corrected chi connectivity index (χ4v) is 2.74. The zero-order valence-electron chi connectivity index (χ0n) is 16.6. The number of rotatable bonds is 12. The third kappa shape index (κ3) is 8.88. The van der Waals surface area contributed by atoms with Crippen molar-refractivity contribution >= 4 is 17.7 Å². The number of hydrogen-bond donors (Lipinski definition) is 1. The van der Waals surface area contributed by atoms with E-state index in [1.54, 1.807) is 18.9 Å². The minimum Gasteiger partial charge on any atom is -0.466 e. The van der Waals surface area contributed by atoms with Crippen LogP contribution in [0.1, 0.15) is 64.4 Å². The molecular formula is C21H34N2O3. The molecule has 0 saturated heterocycles. The van der Waals surface area contributed by atoms with Gasteiger partial charge in [0.2, 0.25) is 0 Å². The van der Waals surface area contributed by atoms with Crippen molar-refractivity contribution in [2.45, 2.75) is 65.2 Å². The number of carbonyl (C=O) groups is 2. The largest absolute Gasteiger partial charge is 0.466 e. The second-order valence-electron chi connectivity index (χ2n) is 6.53. The van der Waals surface area contributed by atoms with Crippen LogP contribution < -0.4 is 10.2 Å². The van der Waals surface area contributed by atoms with Gasteiger partial charge in [-0.3, -0.25) is 9.69 Å². The molecule has 1 aromatic carbocycles. The highest BCUT2D eigenvalue weighted by Gasteiger charge is 2.11. The summed E-state index contributed by atoms with van der Waals surface area (Å²) in [6.45, 7) is 4.63. The molecule has 1 rings (SSSR count). The van der Waals surface area contributed by atoms with Gasteiger partial charge in [0.15, 0.2) is 0 Å². The van der Waals surface area contributed by atoms with Crippen LogP contribution >= 0.6 is 0 Å². The van der Waals surface area contributed by atoms with E-state index in [-0.39, 0.29) is 25.0 Å². The molecule has 2 amide bonds. The molecule has 0 bridgehead atoms. The van der Waals surface area contributed by atoms with Gasteiger partial charge in [0.1, 0.15) is 0 Å². The summed E-state index contributed by atoms with van der Waals surface area (Å²) in [5.41, 5.74) is 2.14. The van der Waals surface area contributed by atoms with Gasteiger partial charge in [-0.15, -0.1) is 0 Å². The van der Waals surface area contributed by atoms with Crippen molar-refractivity contribution < 1.29 is 14.3 Å². The van der Waals surface area contributed by atoms with Crippen LogP contribution in [0, 0.1) is 0 Å². The number of hydrogen-bond acceptors (Lipinski definition) is 3. The summed E-state index contributed by atoms with van der Waals surface area (Å²) in [4.78, 5) is 25.0. The summed E-state index contributed by atoms with van der Waals surface area (Å²) in [6, 6.07) is 7.89. The fraction of sp³-hybridized carbons (Fsp3) is 0.619. The molecule has 1 N–H and O–H groups in total. The third-order valence-corrected chi connectivity index (χ3v) is 4.36. The monoisotopic (exact) mass is 362 g/mol. The van der Waals surface area contributed by atoms with E-state index in [0.29, 0.717) is 6.61 Å². The van der Waals surface area contributed by atoms with E-state index in [9.17, 15) is 9.59 Å². The Hall–Kier alpha value is -2.04. The number of esters is 1. The number of anilines is 1. The van der Waals surface area contributed by atoms with Crippen molar-refractivity contribution in [1.82, 2.24) is 5.32 Å². The first kappa shape index (κ1) is 22.0. The molecule has 0 atom stereocenters. The smallest absolute Gasteiger partial charge is 0.321 e. The molecule has 0 unspecified atom stereocenters. The van der Waals surface area contributed by atoms with Crippen molar-refractivity contribution in [2.24, 2.45) is 0 Å². The number of aryl methyl sites for hydroxylation is 1. The summed E-state index contributed by atoms with van der Waals surface area (Å²) in [6.07, 6.45) is 9.05. The standard InChI is InChI=1S/C21H34N2O3/c1-4-6-7-8-9-10-11-18-12-14-19(15-13-18)23(3)21(25)22-17-16-20(24)26-5-2/h12-15H,4-11,16-17H2,1-3H3,(H,22,25). The minimum atomic E-state index is -0.297. The first-order chi connectivity index (χ1) is 12.6. The van der Waals surface area contributed by atoms with Crippen LogP contribution in [0.4, 0.5) is 10.5 Å². The molecule has 5 heteroatoms. The zero-order chi connectivity index (χ0) is 19.2. The van der Waals surface area contributed by atoms with Crippen molar-refractivity contribution in [3.05, 3.63) is 29.8 Å². The van der Waals surface area contributed by atoms with Gasteiger partial charge >= 0.3 is 12.0 Å².